The third-order valence-corrected chi connectivity index (χ3v) is 4.59. The molecule has 6 nitrogen and oxygen atoms in total. The Labute approximate surface area is 172 Å². The van der Waals surface area contributed by atoms with Gasteiger partial charge in [0.2, 0.25) is 12.7 Å². The van der Waals surface area contributed by atoms with Gasteiger partial charge in [-0.05, 0) is 47.5 Å². The van der Waals surface area contributed by atoms with Gasteiger partial charge in [-0.25, -0.2) is 4.39 Å². The highest BCUT2D eigenvalue weighted by Gasteiger charge is 2.16. The first kappa shape index (κ1) is 19.4. The van der Waals surface area contributed by atoms with E-state index in [1.165, 1.54) is 12.1 Å². The van der Waals surface area contributed by atoms with Gasteiger partial charge in [0.05, 0.1) is 17.7 Å². The fourth-order valence-corrected chi connectivity index (χ4v) is 3.15. The number of ether oxygens (including phenoxy) is 2. The summed E-state index contributed by atoms with van der Waals surface area (Å²) in [6.45, 7) is 0.481. The van der Waals surface area contributed by atoms with Crippen LogP contribution < -0.4 is 20.1 Å². The Morgan fingerprint density at radius 3 is 2.60 bits per heavy atom. The molecule has 7 heteroatoms. The summed E-state index contributed by atoms with van der Waals surface area (Å²) >= 11 is 0. The van der Waals surface area contributed by atoms with Crippen molar-refractivity contribution in [2.24, 2.45) is 0 Å². The predicted molar refractivity (Wildman–Crippen MR) is 109 cm³/mol. The molecular formula is C23H19FN2O4. The van der Waals surface area contributed by atoms with Crippen LogP contribution in [0.5, 0.6) is 11.5 Å². The van der Waals surface area contributed by atoms with Crippen LogP contribution in [0, 0.1) is 5.82 Å². The van der Waals surface area contributed by atoms with Crippen molar-refractivity contribution in [2.75, 3.05) is 12.1 Å². The SMILES string of the molecule is O=C(Cc1cccc(F)c1)Nc1ccccc1C(=O)NCc1ccc2c(c1)OCO2. The highest BCUT2D eigenvalue weighted by atomic mass is 19.1. The van der Waals surface area contributed by atoms with Crippen molar-refractivity contribution in [2.45, 2.75) is 13.0 Å². The molecule has 152 valence electrons. The summed E-state index contributed by atoms with van der Waals surface area (Å²) in [4.78, 5) is 25.1. The average Bonchev–Trinajstić information content (AvgIpc) is 3.20. The molecule has 2 N–H and O–H groups in total. The van der Waals surface area contributed by atoms with E-state index in [1.54, 1.807) is 42.5 Å². The number of hydrogen-bond acceptors (Lipinski definition) is 4. The zero-order valence-corrected chi connectivity index (χ0v) is 16.0. The molecule has 3 aromatic carbocycles. The molecule has 0 fully saturated rings. The topological polar surface area (TPSA) is 76.7 Å². The van der Waals surface area contributed by atoms with E-state index in [0.717, 1.165) is 5.56 Å². The molecular weight excluding hydrogens is 387 g/mol. The van der Waals surface area contributed by atoms with Crippen molar-refractivity contribution >= 4 is 17.5 Å². The molecule has 2 amide bonds. The third-order valence-electron chi connectivity index (χ3n) is 4.59. The smallest absolute Gasteiger partial charge is 0.253 e. The lowest BCUT2D eigenvalue weighted by Crippen LogP contribution is -2.25. The lowest BCUT2D eigenvalue weighted by molar-refractivity contribution is -0.115. The number of para-hydroxylation sites is 1. The van der Waals surface area contributed by atoms with Crippen LogP contribution in [-0.4, -0.2) is 18.6 Å². The first-order valence-corrected chi connectivity index (χ1v) is 9.38. The summed E-state index contributed by atoms with van der Waals surface area (Å²) in [5, 5.41) is 5.57. The second-order valence-corrected chi connectivity index (χ2v) is 6.77. The van der Waals surface area contributed by atoms with Crippen LogP contribution in [0.1, 0.15) is 21.5 Å². The second-order valence-electron chi connectivity index (χ2n) is 6.77. The van der Waals surface area contributed by atoms with Crippen molar-refractivity contribution in [1.29, 1.82) is 0 Å². The van der Waals surface area contributed by atoms with Crippen LogP contribution >= 0.6 is 0 Å². The van der Waals surface area contributed by atoms with Crippen LogP contribution in [0.25, 0.3) is 0 Å². The van der Waals surface area contributed by atoms with E-state index in [9.17, 15) is 14.0 Å². The number of amides is 2. The average molecular weight is 406 g/mol. The summed E-state index contributed by atoms with van der Waals surface area (Å²) < 4.78 is 23.9. The van der Waals surface area contributed by atoms with E-state index in [4.69, 9.17) is 9.47 Å². The highest BCUT2D eigenvalue weighted by Crippen LogP contribution is 2.32. The number of carbonyl (C=O) groups is 2. The predicted octanol–water partition coefficient (Wildman–Crippen LogP) is 3.67. The van der Waals surface area contributed by atoms with Crippen LogP contribution in [0.3, 0.4) is 0 Å². The molecule has 30 heavy (non-hydrogen) atoms. The van der Waals surface area contributed by atoms with Crippen LogP contribution in [0.4, 0.5) is 10.1 Å². The number of halogens is 1. The standard InChI is InChI=1S/C23H19FN2O4/c24-17-5-3-4-15(10-17)12-22(27)26-19-7-2-1-6-18(19)23(28)25-13-16-8-9-20-21(11-16)30-14-29-20/h1-11H,12-14H2,(H,25,28)(H,26,27). The minimum atomic E-state index is -0.399. The summed E-state index contributed by atoms with van der Waals surface area (Å²) in [6, 6.07) is 18.0. The van der Waals surface area contributed by atoms with Crippen molar-refractivity contribution in [3.05, 3.63) is 89.2 Å². The zero-order chi connectivity index (χ0) is 20.9. The fourth-order valence-electron chi connectivity index (χ4n) is 3.15. The van der Waals surface area contributed by atoms with Gasteiger partial charge in [-0.15, -0.1) is 0 Å². The van der Waals surface area contributed by atoms with Crippen LogP contribution in [0.15, 0.2) is 66.7 Å². The third kappa shape index (κ3) is 4.57. The Morgan fingerprint density at radius 1 is 0.900 bits per heavy atom. The zero-order valence-electron chi connectivity index (χ0n) is 16.0. The summed E-state index contributed by atoms with van der Waals surface area (Å²) in [6.07, 6.45) is 0.00487. The fraction of sp³-hybridized carbons (Fsp3) is 0.130. The van der Waals surface area contributed by atoms with Gasteiger partial charge in [0.1, 0.15) is 5.82 Å². The molecule has 0 saturated heterocycles. The monoisotopic (exact) mass is 406 g/mol. The molecule has 0 spiro atoms. The minimum Gasteiger partial charge on any atom is -0.454 e. The number of hydrogen-bond donors (Lipinski definition) is 2. The maximum Gasteiger partial charge on any atom is 0.253 e. The van der Waals surface area contributed by atoms with E-state index >= 15 is 0 Å². The maximum atomic E-state index is 13.3. The van der Waals surface area contributed by atoms with E-state index in [-0.39, 0.29) is 25.0 Å². The van der Waals surface area contributed by atoms with Crippen LogP contribution in [0.2, 0.25) is 0 Å². The first-order valence-electron chi connectivity index (χ1n) is 9.38. The van der Waals surface area contributed by atoms with Gasteiger partial charge in [0.15, 0.2) is 11.5 Å². The summed E-state index contributed by atoms with van der Waals surface area (Å²) in [7, 11) is 0. The number of benzene rings is 3. The van der Waals surface area contributed by atoms with Gasteiger partial charge in [0.25, 0.3) is 5.91 Å². The van der Waals surface area contributed by atoms with E-state index in [1.807, 2.05) is 12.1 Å². The van der Waals surface area contributed by atoms with Crippen molar-refractivity contribution in [3.8, 4) is 11.5 Å². The molecule has 1 aliphatic rings. The molecule has 0 aromatic heterocycles. The molecule has 0 bridgehead atoms. The molecule has 0 saturated carbocycles. The maximum absolute atomic E-state index is 13.3. The molecule has 4 rings (SSSR count). The van der Waals surface area contributed by atoms with Gasteiger partial charge in [-0.3, -0.25) is 9.59 Å². The van der Waals surface area contributed by atoms with E-state index in [2.05, 4.69) is 10.6 Å². The quantitative estimate of drug-likeness (QED) is 0.655. The Morgan fingerprint density at radius 2 is 1.73 bits per heavy atom. The molecule has 0 atom stereocenters. The molecule has 1 heterocycles. The molecule has 0 radical (unpaired) electrons. The number of rotatable bonds is 6. The number of anilines is 1. The minimum absolute atomic E-state index is 0.00487. The van der Waals surface area contributed by atoms with Crippen LogP contribution in [-0.2, 0) is 17.8 Å². The van der Waals surface area contributed by atoms with Gasteiger partial charge >= 0.3 is 0 Å². The van der Waals surface area contributed by atoms with Gasteiger partial charge in [0, 0.05) is 6.54 Å². The van der Waals surface area contributed by atoms with Gasteiger partial charge < -0.3 is 20.1 Å². The Kier molecular flexibility index (Phi) is 5.61. The molecule has 1 aliphatic heterocycles. The normalized spacial score (nSPS) is 11.8. The molecule has 3 aromatic rings. The second kappa shape index (κ2) is 8.65. The lowest BCUT2D eigenvalue weighted by Gasteiger charge is -2.12. The largest absolute Gasteiger partial charge is 0.454 e. The van der Waals surface area contributed by atoms with Crippen molar-refractivity contribution < 1.29 is 23.5 Å². The van der Waals surface area contributed by atoms with Crippen molar-refractivity contribution in [3.63, 3.8) is 0 Å². The molecule has 0 aliphatic carbocycles. The summed E-state index contributed by atoms with van der Waals surface area (Å²) in [5.41, 5.74) is 2.14. The first-order chi connectivity index (χ1) is 14.6. The molecule has 0 unspecified atom stereocenters. The lowest BCUT2D eigenvalue weighted by atomic mass is 10.1. The van der Waals surface area contributed by atoms with Gasteiger partial charge in [-0.1, -0.05) is 30.3 Å². The Balaban J connectivity index is 1.40. The number of nitrogens with one attached hydrogen (secondary N) is 2. The summed E-state index contributed by atoms with van der Waals surface area (Å²) in [5.74, 6) is 0.262. The van der Waals surface area contributed by atoms with Crippen molar-refractivity contribution in [1.82, 2.24) is 5.32 Å². The number of carbonyl (C=O) groups excluding carboxylic acids is 2. The van der Waals surface area contributed by atoms with E-state index < -0.39 is 5.82 Å². The van der Waals surface area contributed by atoms with E-state index in [0.29, 0.717) is 34.9 Å². The van der Waals surface area contributed by atoms with Gasteiger partial charge in [-0.2, -0.15) is 0 Å². The Bertz CT molecular complexity index is 1100. The Hall–Kier alpha value is -3.87. The highest BCUT2D eigenvalue weighted by molar-refractivity contribution is 6.04. The number of fused-ring (bicyclic) bond motifs is 1.